The van der Waals surface area contributed by atoms with Gasteiger partial charge in [-0.2, -0.15) is 0 Å². The maximum absolute atomic E-state index is 13.5. The van der Waals surface area contributed by atoms with Gasteiger partial charge in [0.05, 0.1) is 11.4 Å². The maximum Gasteiger partial charge on any atom is 0.332 e. The summed E-state index contributed by atoms with van der Waals surface area (Å²) in [5, 5.41) is 10.8. The van der Waals surface area contributed by atoms with Crippen molar-refractivity contribution in [2.75, 3.05) is 0 Å². The van der Waals surface area contributed by atoms with E-state index in [9.17, 15) is 19.5 Å². The quantitative estimate of drug-likeness (QED) is 0.503. The van der Waals surface area contributed by atoms with Crippen molar-refractivity contribution in [3.8, 4) is 11.4 Å². The van der Waals surface area contributed by atoms with Crippen LogP contribution < -0.4 is 16.8 Å². The summed E-state index contributed by atoms with van der Waals surface area (Å²) in [5.74, 6) is -0.512. The lowest BCUT2D eigenvalue weighted by Gasteiger charge is -2.16. The van der Waals surface area contributed by atoms with E-state index in [2.05, 4.69) is 4.99 Å². The van der Waals surface area contributed by atoms with Gasteiger partial charge < -0.3 is 5.11 Å². The highest BCUT2D eigenvalue weighted by Crippen LogP contribution is 2.24. The summed E-state index contributed by atoms with van der Waals surface area (Å²) in [6, 6.07) is 16.1. The Morgan fingerprint density at radius 3 is 2.19 bits per heavy atom. The average molecular weight is 430 g/mol. The standard InChI is InChI=1S/C24H22N4O4/c1-4-15-10-12-16(13-11-15)25-14-18-20(29)19-21(26(2)24(32)27(3)23(19)31)28(22(18)30)17-8-6-5-7-9-17/h5-14,29H,4H2,1-3H3. The van der Waals surface area contributed by atoms with E-state index in [1.807, 2.05) is 31.2 Å². The number of para-hydroxylation sites is 1. The number of nitrogens with zero attached hydrogens (tertiary/aromatic N) is 4. The van der Waals surface area contributed by atoms with E-state index >= 15 is 0 Å². The van der Waals surface area contributed by atoms with Gasteiger partial charge >= 0.3 is 5.69 Å². The fraction of sp³-hybridized carbons (Fsp3) is 0.167. The molecule has 0 aliphatic rings. The number of aromatic nitrogens is 3. The van der Waals surface area contributed by atoms with Crippen LogP contribution in [0.4, 0.5) is 5.69 Å². The van der Waals surface area contributed by atoms with Crippen molar-refractivity contribution < 1.29 is 5.11 Å². The fourth-order valence-electron chi connectivity index (χ4n) is 3.64. The molecular formula is C24H22N4O4. The summed E-state index contributed by atoms with van der Waals surface area (Å²) in [5.41, 5.74) is 0.156. The topological polar surface area (TPSA) is 98.6 Å². The Morgan fingerprint density at radius 2 is 1.56 bits per heavy atom. The molecular weight excluding hydrogens is 408 g/mol. The highest BCUT2D eigenvalue weighted by atomic mass is 16.3. The molecule has 2 heterocycles. The van der Waals surface area contributed by atoms with Gasteiger partial charge in [0.1, 0.15) is 22.3 Å². The lowest BCUT2D eigenvalue weighted by Crippen LogP contribution is -2.40. The molecule has 0 aliphatic heterocycles. The molecule has 2 aromatic carbocycles. The van der Waals surface area contributed by atoms with Crippen LogP contribution in [-0.2, 0) is 20.5 Å². The van der Waals surface area contributed by atoms with Crippen molar-refractivity contribution in [3.63, 3.8) is 0 Å². The van der Waals surface area contributed by atoms with E-state index in [0.29, 0.717) is 11.4 Å². The Morgan fingerprint density at radius 1 is 0.906 bits per heavy atom. The number of fused-ring (bicyclic) bond motifs is 1. The molecule has 0 saturated carbocycles. The van der Waals surface area contributed by atoms with E-state index in [1.165, 1.54) is 29.4 Å². The molecule has 0 atom stereocenters. The minimum Gasteiger partial charge on any atom is -0.506 e. The van der Waals surface area contributed by atoms with Gasteiger partial charge in [-0.05, 0) is 36.2 Å². The molecule has 4 rings (SSSR count). The van der Waals surface area contributed by atoms with Crippen LogP contribution in [0.5, 0.6) is 5.75 Å². The predicted octanol–water partition coefficient (Wildman–Crippen LogP) is 2.41. The van der Waals surface area contributed by atoms with E-state index in [-0.39, 0.29) is 16.6 Å². The van der Waals surface area contributed by atoms with Gasteiger partial charge in [-0.1, -0.05) is 37.3 Å². The summed E-state index contributed by atoms with van der Waals surface area (Å²) in [4.78, 5) is 43.3. The van der Waals surface area contributed by atoms with Gasteiger partial charge in [0.2, 0.25) is 0 Å². The van der Waals surface area contributed by atoms with Gasteiger partial charge in [-0.15, -0.1) is 0 Å². The Balaban J connectivity index is 2.09. The monoisotopic (exact) mass is 430 g/mol. The lowest BCUT2D eigenvalue weighted by molar-refractivity contribution is 0.477. The zero-order valence-corrected chi connectivity index (χ0v) is 17.9. The average Bonchev–Trinajstić information content (AvgIpc) is 2.82. The van der Waals surface area contributed by atoms with Crippen LogP contribution in [0.15, 0.2) is 74.0 Å². The third-order valence-electron chi connectivity index (χ3n) is 5.47. The van der Waals surface area contributed by atoms with Crippen LogP contribution in [0.25, 0.3) is 16.7 Å². The molecule has 8 nitrogen and oxygen atoms in total. The van der Waals surface area contributed by atoms with Crippen LogP contribution in [0, 0.1) is 0 Å². The van der Waals surface area contributed by atoms with Crippen LogP contribution in [0.3, 0.4) is 0 Å². The number of aromatic hydroxyl groups is 1. The van der Waals surface area contributed by atoms with Crippen LogP contribution in [0.1, 0.15) is 18.1 Å². The minimum absolute atomic E-state index is 0.0104. The van der Waals surface area contributed by atoms with Crippen molar-refractivity contribution >= 4 is 22.9 Å². The molecule has 162 valence electrons. The number of hydrogen-bond acceptors (Lipinski definition) is 5. The first-order valence-corrected chi connectivity index (χ1v) is 10.1. The number of aryl methyl sites for hydroxylation is 2. The lowest BCUT2D eigenvalue weighted by atomic mass is 10.1. The molecule has 1 N–H and O–H groups in total. The maximum atomic E-state index is 13.5. The molecule has 0 saturated heterocycles. The molecule has 0 radical (unpaired) electrons. The van der Waals surface area contributed by atoms with E-state index in [4.69, 9.17) is 0 Å². The van der Waals surface area contributed by atoms with Crippen molar-refractivity contribution in [3.05, 3.63) is 96.9 Å². The third kappa shape index (κ3) is 3.35. The van der Waals surface area contributed by atoms with Crippen molar-refractivity contribution in [1.29, 1.82) is 0 Å². The van der Waals surface area contributed by atoms with Crippen LogP contribution in [0.2, 0.25) is 0 Å². The summed E-state index contributed by atoms with van der Waals surface area (Å²) in [7, 11) is 2.77. The largest absolute Gasteiger partial charge is 0.506 e. The number of benzene rings is 2. The Labute approximate surface area is 183 Å². The zero-order chi connectivity index (χ0) is 23.0. The van der Waals surface area contributed by atoms with Gasteiger partial charge in [-0.25, -0.2) is 4.79 Å². The predicted molar refractivity (Wildman–Crippen MR) is 125 cm³/mol. The van der Waals surface area contributed by atoms with Crippen molar-refractivity contribution in [2.24, 2.45) is 19.1 Å². The third-order valence-corrected chi connectivity index (χ3v) is 5.47. The highest BCUT2D eigenvalue weighted by Gasteiger charge is 2.22. The molecule has 32 heavy (non-hydrogen) atoms. The van der Waals surface area contributed by atoms with Crippen LogP contribution in [-0.4, -0.2) is 25.0 Å². The van der Waals surface area contributed by atoms with E-state index < -0.39 is 22.6 Å². The van der Waals surface area contributed by atoms with Crippen molar-refractivity contribution in [1.82, 2.24) is 13.7 Å². The molecule has 0 spiro atoms. The number of pyridine rings is 1. The molecule has 0 bridgehead atoms. The van der Waals surface area contributed by atoms with E-state index in [1.54, 1.807) is 30.3 Å². The van der Waals surface area contributed by atoms with Gasteiger partial charge in [0.15, 0.2) is 0 Å². The molecule has 0 aliphatic carbocycles. The normalized spacial score (nSPS) is 11.5. The van der Waals surface area contributed by atoms with Crippen LogP contribution >= 0.6 is 0 Å². The highest BCUT2D eigenvalue weighted by molar-refractivity contribution is 5.95. The summed E-state index contributed by atoms with van der Waals surface area (Å²) in [6.07, 6.45) is 2.14. The van der Waals surface area contributed by atoms with Crippen molar-refractivity contribution in [2.45, 2.75) is 13.3 Å². The summed E-state index contributed by atoms with van der Waals surface area (Å²) in [6.45, 7) is 2.05. The molecule has 8 heteroatoms. The summed E-state index contributed by atoms with van der Waals surface area (Å²) < 4.78 is 3.32. The van der Waals surface area contributed by atoms with Gasteiger partial charge in [-0.3, -0.25) is 28.3 Å². The zero-order valence-electron chi connectivity index (χ0n) is 17.9. The van der Waals surface area contributed by atoms with Gasteiger partial charge in [0.25, 0.3) is 11.1 Å². The molecule has 2 aromatic heterocycles. The SMILES string of the molecule is CCc1ccc(N=Cc2c(O)c3c(=O)n(C)c(=O)n(C)c3n(-c3ccccc3)c2=O)cc1. The molecule has 0 amide bonds. The van der Waals surface area contributed by atoms with E-state index in [0.717, 1.165) is 16.6 Å². The second-order valence-corrected chi connectivity index (χ2v) is 7.42. The summed E-state index contributed by atoms with van der Waals surface area (Å²) >= 11 is 0. The number of rotatable bonds is 4. The second-order valence-electron chi connectivity index (χ2n) is 7.42. The Hall–Kier alpha value is -4.20. The first-order valence-electron chi connectivity index (χ1n) is 10.1. The van der Waals surface area contributed by atoms with Gasteiger partial charge in [0, 0.05) is 20.3 Å². The Kier molecular flexibility index (Phi) is 5.36. The fourth-order valence-corrected chi connectivity index (χ4v) is 3.64. The Bertz CT molecular complexity index is 1530. The molecule has 0 fully saturated rings. The number of hydrogen-bond donors (Lipinski definition) is 1. The first kappa shape index (κ1) is 21.0. The molecule has 4 aromatic rings. The minimum atomic E-state index is -0.702. The second kappa shape index (κ2) is 8.14. The molecule has 0 unspecified atom stereocenters. The number of aliphatic imine (C=N–C) groups is 1. The first-order chi connectivity index (χ1) is 15.3. The smallest absolute Gasteiger partial charge is 0.332 e.